The zero-order chi connectivity index (χ0) is 18.2. The van der Waals surface area contributed by atoms with Crippen molar-refractivity contribution in [1.82, 2.24) is 9.88 Å². The topological polar surface area (TPSA) is 45.6 Å². The predicted molar refractivity (Wildman–Crippen MR) is 103 cm³/mol. The highest BCUT2D eigenvalue weighted by atomic mass is 16.5. The molecule has 3 rings (SSSR count). The van der Waals surface area contributed by atoms with Gasteiger partial charge in [0.05, 0.1) is 7.11 Å². The van der Waals surface area contributed by atoms with Crippen molar-refractivity contribution in [3.05, 3.63) is 89.7 Å². The number of ether oxygens (including phenoxy) is 1. The van der Waals surface area contributed by atoms with E-state index < -0.39 is 0 Å². The number of hydrogen-bond acceptors (Lipinski definition) is 4. The van der Waals surface area contributed by atoms with Crippen LogP contribution in [0.3, 0.4) is 0 Å². The Kier molecular flexibility index (Phi) is 6.23. The smallest absolute Gasteiger partial charge is 0.120 e. The number of nitrogens with zero attached hydrogens (tertiary/aromatic N) is 2. The normalized spacial score (nSPS) is 10.8. The van der Waals surface area contributed by atoms with Crippen molar-refractivity contribution in [2.75, 3.05) is 13.7 Å². The van der Waals surface area contributed by atoms with Gasteiger partial charge in [-0.25, -0.2) is 0 Å². The highest BCUT2D eigenvalue weighted by Gasteiger charge is 2.11. The van der Waals surface area contributed by atoms with E-state index in [0.29, 0.717) is 12.3 Å². The maximum Gasteiger partial charge on any atom is 0.120 e. The third-order valence-electron chi connectivity index (χ3n) is 4.40. The molecule has 0 atom stereocenters. The second kappa shape index (κ2) is 9.02. The van der Waals surface area contributed by atoms with E-state index in [9.17, 15) is 5.11 Å². The lowest BCUT2D eigenvalue weighted by atomic mass is 10.1. The second-order valence-corrected chi connectivity index (χ2v) is 6.30. The van der Waals surface area contributed by atoms with E-state index in [2.05, 4.69) is 34.1 Å². The van der Waals surface area contributed by atoms with E-state index in [1.54, 1.807) is 19.2 Å². The van der Waals surface area contributed by atoms with Crippen LogP contribution in [0, 0.1) is 0 Å². The van der Waals surface area contributed by atoms with Gasteiger partial charge in [-0.05, 0) is 47.9 Å². The van der Waals surface area contributed by atoms with Crippen LogP contribution in [0.5, 0.6) is 11.5 Å². The maximum absolute atomic E-state index is 10.2. The highest BCUT2D eigenvalue weighted by molar-refractivity contribution is 5.39. The Morgan fingerprint density at radius 2 is 1.69 bits per heavy atom. The molecule has 4 heteroatoms. The van der Waals surface area contributed by atoms with Crippen molar-refractivity contribution in [2.24, 2.45) is 0 Å². The van der Waals surface area contributed by atoms with Gasteiger partial charge in [0.15, 0.2) is 0 Å². The van der Waals surface area contributed by atoms with Gasteiger partial charge in [0.2, 0.25) is 0 Å². The minimum atomic E-state index is 0.297. The molecule has 0 radical (unpaired) electrons. The molecule has 1 aromatic heterocycles. The minimum Gasteiger partial charge on any atom is -0.508 e. The molecule has 0 unspecified atom stereocenters. The average molecular weight is 348 g/mol. The molecule has 0 spiro atoms. The fourth-order valence-corrected chi connectivity index (χ4v) is 2.95. The Hall–Kier alpha value is -2.85. The van der Waals surface area contributed by atoms with Crippen LogP contribution in [0.1, 0.15) is 16.7 Å². The van der Waals surface area contributed by atoms with Gasteiger partial charge in [0, 0.05) is 37.6 Å². The number of aromatic hydroxyl groups is 1. The molecule has 0 aliphatic carbocycles. The largest absolute Gasteiger partial charge is 0.508 e. The highest BCUT2D eigenvalue weighted by Crippen LogP contribution is 2.25. The molecular weight excluding hydrogens is 324 g/mol. The molecule has 26 heavy (non-hydrogen) atoms. The summed E-state index contributed by atoms with van der Waals surface area (Å²) in [4.78, 5) is 6.42. The number of phenolic OH excluding ortho intramolecular Hbond substituents is 1. The first-order chi connectivity index (χ1) is 12.7. The quantitative estimate of drug-likeness (QED) is 0.667. The third kappa shape index (κ3) is 5.07. The molecule has 4 nitrogen and oxygen atoms in total. The van der Waals surface area contributed by atoms with Crippen LogP contribution >= 0.6 is 0 Å². The Bertz CT molecular complexity index is 807. The zero-order valence-corrected chi connectivity index (χ0v) is 15.0. The summed E-state index contributed by atoms with van der Waals surface area (Å²) in [6, 6.07) is 19.9. The molecule has 0 fully saturated rings. The SMILES string of the molecule is COc1ccc(O)c(CN(CCc2ccccc2)Cc2ccncc2)c1. The number of phenols is 1. The minimum absolute atomic E-state index is 0.297. The summed E-state index contributed by atoms with van der Waals surface area (Å²) in [6.45, 7) is 2.34. The van der Waals surface area contributed by atoms with Crippen LogP contribution in [-0.4, -0.2) is 28.6 Å². The second-order valence-electron chi connectivity index (χ2n) is 6.30. The van der Waals surface area contributed by atoms with Crippen molar-refractivity contribution < 1.29 is 9.84 Å². The number of rotatable bonds is 8. The summed E-state index contributed by atoms with van der Waals surface area (Å²) in [7, 11) is 1.64. The molecular formula is C22H24N2O2. The van der Waals surface area contributed by atoms with Crippen LogP contribution in [0.4, 0.5) is 0 Å². The van der Waals surface area contributed by atoms with Gasteiger partial charge in [-0.2, -0.15) is 0 Å². The van der Waals surface area contributed by atoms with Crippen molar-refractivity contribution >= 4 is 0 Å². The Morgan fingerprint density at radius 3 is 2.42 bits per heavy atom. The molecule has 3 aromatic rings. The van der Waals surface area contributed by atoms with Crippen molar-refractivity contribution in [1.29, 1.82) is 0 Å². The van der Waals surface area contributed by atoms with Gasteiger partial charge in [0.1, 0.15) is 11.5 Å². The average Bonchev–Trinajstić information content (AvgIpc) is 2.69. The van der Waals surface area contributed by atoms with E-state index in [1.807, 2.05) is 36.7 Å². The molecule has 1 N–H and O–H groups in total. The molecule has 0 saturated heterocycles. The summed E-state index contributed by atoms with van der Waals surface area (Å²) in [6.07, 6.45) is 4.58. The van der Waals surface area contributed by atoms with Gasteiger partial charge < -0.3 is 9.84 Å². The number of aromatic nitrogens is 1. The maximum atomic E-state index is 10.2. The van der Waals surface area contributed by atoms with E-state index in [0.717, 1.165) is 30.8 Å². The summed E-state index contributed by atoms with van der Waals surface area (Å²) in [5.74, 6) is 1.05. The summed E-state index contributed by atoms with van der Waals surface area (Å²) in [5, 5.41) is 10.2. The van der Waals surface area contributed by atoms with E-state index in [4.69, 9.17) is 4.74 Å². The molecule has 134 valence electrons. The fraction of sp³-hybridized carbons (Fsp3) is 0.227. The monoisotopic (exact) mass is 348 g/mol. The Balaban J connectivity index is 1.75. The molecule has 0 aliphatic rings. The van der Waals surface area contributed by atoms with Crippen LogP contribution in [0.25, 0.3) is 0 Å². The number of benzene rings is 2. The lowest BCUT2D eigenvalue weighted by Crippen LogP contribution is -2.25. The zero-order valence-electron chi connectivity index (χ0n) is 15.0. The van der Waals surface area contributed by atoms with Crippen LogP contribution in [0.15, 0.2) is 73.1 Å². The molecule has 1 heterocycles. The van der Waals surface area contributed by atoms with Gasteiger partial charge in [-0.1, -0.05) is 30.3 Å². The van der Waals surface area contributed by atoms with E-state index in [-0.39, 0.29) is 0 Å². The lowest BCUT2D eigenvalue weighted by molar-refractivity contribution is 0.256. The first-order valence-electron chi connectivity index (χ1n) is 8.75. The molecule has 0 amide bonds. The van der Waals surface area contributed by atoms with Gasteiger partial charge in [0.25, 0.3) is 0 Å². The van der Waals surface area contributed by atoms with Crippen LogP contribution in [-0.2, 0) is 19.5 Å². The van der Waals surface area contributed by atoms with Crippen molar-refractivity contribution in [3.8, 4) is 11.5 Å². The molecule has 0 saturated carbocycles. The van der Waals surface area contributed by atoms with Crippen molar-refractivity contribution in [3.63, 3.8) is 0 Å². The van der Waals surface area contributed by atoms with E-state index in [1.165, 1.54) is 11.1 Å². The van der Waals surface area contributed by atoms with Gasteiger partial charge in [-0.15, -0.1) is 0 Å². The number of hydrogen-bond donors (Lipinski definition) is 1. The molecule has 2 aromatic carbocycles. The van der Waals surface area contributed by atoms with Crippen LogP contribution in [0.2, 0.25) is 0 Å². The van der Waals surface area contributed by atoms with Crippen molar-refractivity contribution in [2.45, 2.75) is 19.5 Å². The summed E-state index contributed by atoms with van der Waals surface area (Å²) >= 11 is 0. The predicted octanol–water partition coefficient (Wildman–Crippen LogP) is 4.04. The molecule has 0 bridgehead atoms. The first-order valence-corrected chi connectivity index (χ1v) is 8.75. The Morgan fingerprint density at radius 1 is 0.923 bits per heavy atom. The molecule has 0 aliphatic heterocycles. The first kappa shape index (κ1) is 18.0. The van der Waals surface area contributed by atoms with Gasteiger partial charge >= 0.3 is 0 Å². The Labute approximate surface area is 154 Å². The van der Waals surface area contributed by atoms with Gasteiger partial charge in [-0.3, -0.25) is 9.88 Å². The summed E-state index contributed by atoms with van der Waals surface area (Å²) in [5.41, 5.74) is 3.38. The summed E-state index contributed by atoms with van der Waals surface area (Å²) < 4.78 is 5.30. The fourth-order valence-electron chi connectivity index (χ4n) is 2.95. The standard InChI is InChI=1S/C22H24N2O2/c1-26-21-7-8-22(25)20(15-21)17-24(16-19-9-12-23-13-10-19)14-11-18-5-3-2-4-6-18/h2-10,12-13,15,25H,11,14,16-17H2,1H3. The number of methoxy groups -OCH3 is 1. The van der Waals surface area contributed by atoms with Crippen LogP contribution < -0.4 is 4.74 Å². The number of pyridine rings is 1. The third-order valence-corrected chi connectivity index (χ3v) is 4.40. The van der Waals surface area contributed by atoms with E-state index >= 15 is 0 Å². The lowest BCUT2D eigenvalue weighted by Gasteiger charge is -2.23.